The Morgan fingerprint density at radius 2 is 2.24 bits per heavy atom. The average molecular weight is 362 g/mol. The molecule has 3 heterocycles. The number of hydrogen-bond donors (Lipinski definition) is 3. The Hall–Kier alpha value is -2.10. The van der Waals surface area contributed by atoms with E-state index in [2.05, 4.69) is 31.1 Å². The summed E-state index contributed by atoms with van der Waals surface area (Å²) < 4.78 is 5.42. The molecule has 1 amide bonds. The zero-order chi connectivity index (χ0) is 17.5. The molecule has 3 rings (SSSR count). The summed E-state index contributed by atoms with van der Waals surface area (Å²) in [6, 6.07) is 3.56. The molecule has 0 aliphatic carbocycles. The number of carbonyl (C=O) groups is 1. The van der Waals surface area contributed by atoms with Crippen molar-refractivity contribution in [3.05, 3.63) is 29.4 Å². The van der Waals surface area contributed by atoms with Gasteiger partial charge in [-0.25, -0.2) is 4.98 Å². The largest absolute Gasteiger partial charge is 0.384 e. The van der Waals surface area contributed by atoms with Crippen LogP contribution in [0.1, 0.15) is 23.2 Å². The quantitative estimate of drug-likeness (QED) is 0.688. The van der Waals surface area contributed by atoms with Crippen LogP contribution in [-0.4, -0.2) is 54.4 Å². The highest BCUT2D eigenvalue weighted by Gasteiger charge is 2.32. The lowest BCUT2D eigenvalue weighted by atomic mass is 9.79. The van der Waals surface area contributed by atoms with Crippen LogP contribution in [0.5, 0.6) is 0 Å². The average Bonchev–Trinajstić information content (AvgIpc) is 3.14. The minimum atomic E-state index is -0.245. The van der Waals surface area contributed by atoms with E-state index in [1.807, 2.05) is 6.07 Å². The Kier molecular flexibility index (Phi) is 5.90. The lowest BCUT2D eigenvalue weighted by Gasteiger charge is -2.37. The van der Waals surface area contributed by atoms with Crippen molar-refractivity contribution in [2.45, 2.75) is 12.8 Å². The summed E-state index contributed by atoms with van der Waals surface area (Å²) in [5.41, 5.74) is 2.17. The second-order valence-corrected chi connectivity index (χ2v) is 7.00. The molecule has 0 atom stereocenters. The highest BCUT2D eigenvalue weighted by Crippen LogP contribution is 2.29. The van der Waals surface area contributed by atoms with E-state index in [-0.39, 0.29) is 11.3 Å². The van der Waals surface area contributed by atoms with Gasteiger partial charge in [0.25, 0.3) is 5.91 Å². The van der Waals surface area contributed by atoms with Gasteiger partial charge in [0.1, 0.15) is 11.3 Å². The molecule has 8 nitrogen and oxygen atoms in total. The summed E-state index contributed by atoms with van der Waals surface area (Å²) in [5, 5.41) is 17.4. The molecule has 9 heteroatoms. The smallest absolute Gasteiger partial charge is 0.259 e. The van der Waals surface area contributed by atoms with Crippen molar-refractivity contribution in [1.82, 2.24) is 20.5 Å². The summed E-state index contributed by atoms with van der Waals surface area (Å²) in [6.07, 6.45) is 3.69. The fourth-order valence-electron chi connectivity index (χ4n) is 2.94. The van der Waals surface area contributed by atoms with Crippen LogP contribution in [-0.2, 0) is 4.74 Å². The first-order valence-corrected chi connectivity index (χ1v) is 9.06. The summed E-state index contributed by atoms with van der Waals surface area (Å²) in [7, 11) is 1.74. The van der Waals surface area contributed by atoms with E-state index in [0.717, 1.165) is 44.9 Å². The molecule has 1 saturated heterocycles. The van der Waals surface area contributed by atoms with Crippen LogP contribution in [0.3, 0.4) is 0 Å². The summed E-state index contributed by atoms with van der Waals surface area (Å²) >= 11 is 1.27. The predicted molar refractivity (Wildman–Crippen MR) is 97.0 cm³/mol. The monoisotopic (exact) mass is 362 g/mol. The van der Waals surface area contributed by atoms with E-state index < -0.39 is 0 Å². The van der Waals surface area contributed by atoms with Gasteiger partial charge >= 0.3 is 0 Å². The van der Waals surface area contributed by atoms with E-state index in [1.165, 1.54) is 11.3 Å². The molecule has 1 fully saturated rings. The van der Waals surface area contributed by atoms with Gasteiger partial charge in [0.2, 0.25) is 5.13 Å². The maximum absolute atomic E-state index is 12.1. The Bertz CT molecular complexity index is 665. The number of pyridine rings is 1. The number of nitrogens with zero attached hydrogens (tertiary/aromatic N) is 3. The molecule has 134 valence electrons. The summed E-state index contributed by atoms with van der Waals surface area (Å²) in [5.74, 6) is 0.506. The van der Waals surface area contributed by atoms with Gasteiger partial charge in [-0.1, -0.05) is 11.3 Å². The first kappa shape index (κ1) is 17.7. The van der Waals surface area contributed by atoms with Crippen LogP contribution >= 0.6 is 11.3 Å². The number of rotatable bonds is 7. The second kappa shape index (κ2) is 8.32. The second-order valence-electron chi connectivity index (χ2n) is 6.17. The van der Waals surface area contributed by atoms with E-state index in [1.54, 1.807) is 24.9 Å². The Labute approximate surface area is 150 Å². The molecule has 1 aliphatic heterocycles. The molecular formula is C16H22N6O2S. The number of anilines is 2. The van der Waals surface area contributed by atoms with Crippen molar-refractivity contribution in [3.8, 4) is 0 Å². The van der Waals surface area contributed by atoms with Gasteiger partial charge in [-0.2, -0.15) is 0 Å². The number of hydrogen-bond acceptors (Lipinski definition) is 8. The topological polar surface area (TPSA) is 101 Å². The van der Waals surface area contributed by atoms with Crippen molar-refractivity contribution in [1.29, 1.82) is 0 Å². The van der Waals surface area contributed by atoms with Gasteiger partial charge in [0.15, 0.2) is 0 Å². The fourth-order valence-corrected chi connectivity index (χ4v) is 3.38. The predicted octanol–water partition coefficient (Wildman–Crippen LogP) is 1.61. The third-order valence-corrected chi connectivity index (χ3v) is 4.97. The Morgan fingerprint density at radius 3 is 2.88 bits per heavy atom. The van der Waals surface area contributed by atoms with Gasteiger partial charge in [0.05, 0.1) is 12.2 Å². The minimum Gasteiger partial charge on any atom is -0.384 e. The van der Waals surface area contributed by atoms with Crippen LogP contribution in [0.2, 0.25) is 0 Å². The maximum atomic E-state index is 12.1. The van der Waals surface area contributed by atoms with Crippen LogP contribution in [0, 0.1) is 5.41 Å². The number of nitrogens with one attached hydrogen (secondary N) is 3. The molecular weight excluding hydrogens is 340 g/mol. The van der Waals surface area contributed by atoms with Crippen LogP contribution < -0.4 is 16.0 Å². The number of ether oxygens (including phenoxy) is 1. The molecule has 2 aromatic rings. The number of carbonyl (C=O) groups excluding carboxylic acids is 1. The zero-order valence-corrected chi connectivity index (χ0v) is 14.9. The van der Waals surface area contributed by atoms with Gasteiger partial charge < -0.3 is 15.4 Å². The molecule has 0 aromatic carbocycles. The van der Waals surface area contributed by atoms with Gasteiger partial charge in [-0.05, 0) is 38.1 Å². The first-order valence-electron chi connectivity index (χ1n) is 8.18. The zero-order valence-electron chi connectivity index (χ0n) is 14.1. The van der Waals surface area contributed by atoms with Crippen LogP contribution in [0.4, 0.5) is 10.9 Å². The number of amides is 1. The van der Waals surface area contributed by atoms with Crippen LogP contribution in [0.25, 0.3) is 0 Å². The van der Waals surface area contributed by atoms with Crippen molar-refractivity contribution in [3.63, 3.8) is 0 Å². The molecule has 1 aliphatic rings. The lowest BCUT2D eigenvalue weighted by molar-refractivity contribution is 0.0635. The van der Waals surface area contributed by atoms with E-state index in [9.17, 15) is 4.79 Å². The first-order chi connectivity index (χ1) is 12.2. The van der Waals surface area contributed by atoms with Crippen molar-refractivity contribution < 1.29 is 9.53 Å². The van der Waals surface area contributed by atoms with E-state index in [0.29, 0.717) is 10.7 Å². The third-order valence-electron chi connectivity index (χ3n) is 4.37. The molecule has 0 saturated carbocycles. The van der Waals surface area contributed by atoms with Gasteiger partial charge in [-0.3, -0.25) is 10.1 Å². The normalized spacial score (nSPS) is 16.4. The van der Waals surface area contributed by atoms with Crippen LogP contribution in [0.15, 0.2) is 23.8 Å². The minimum absolute atomic E-state index is 0.121. The van der Waals surface area contributed by atoms with Crippen molar-refractivity contribution in [2.24, 2.45) is 5.41 Å². The highest BCUT2D eigenvalue weighted by atomic mass is 32.1. The van der Waals surface area contributed by atoms with E-state index in [4.69, 9.17) is 4.74 Å². The molecule has 0 bridgehead atoms. The molecule has 2 aromatic heterocycles. The maximum Gasteiger partial charge on any atom is 0.259 e. The van der Waals surface area contributed by atoms with Crippen molar-refractivity contribution >= 4 is 28.2 Å². The van der Waals surface area contributed by atoms with Gasteiger partial charge in [-0.15, -0.1) is 10.2 Å². The molecule has 3 N–H and O–H groups in total. The lowest BCUT2D eigenvalue weighted by Crippen LogP contribution is -2.44. The SMILES string of the molecule is COCC1(CNc2ccc(C(=O)Nc3nncs3)cn2)CCNCC1. The number of methoxy groups -OCH3 is 1. The molecule has 0 unspecified atom stereocenters. The highest BCUT2D eigenvalue weighted by molar-refractivity contribution is 7.13. The summed E-state index contributed by atoms with van der Waals surface area (Å²) in [4.78, 5) is 16.5. The Balaban J connectivity index is 1.57. The Morgan fingerprint density at radius 1 is 1.40 bits per heavy atom. The standard InChI is InChI=1S/C16H22N6O2S/c1-24-10-16(4-6-17-7-5-16)9-19-13-3-2-12(8-18-13)14(23)21-15-22-20-11-25-15/h2-3,8,11,17H,4-7,9-10H2,1H3,(H,18,19)(H,21,22,23). The molecule has 0 radical (unpaired) electrons. The number of aromatic nitrogens is 3. The van der Waals surface area contributed by atoms with Gasteiger partial charge in [0, 0.05) is 25.3 Å². The molecule has 25 heavy (non-hydrogen) atoms. The summed E-state index contributed by atoms with van der Waals surface area (Å²) in [6.45, 7) is 3.53. The molecule has 0 spiro atoms. The van der Waals surface area contributed by atoms with E-state index >= 15 is 0 Å². The van der Waals surface area contributed by atoms with Crippen molar-refractivity contribution in [2.75, 3.05) is 44.0 Å². The number of piperidine rings is 1. The third kappa shape index (κ3) is 4.71. The fraction of sp³-hybridized carbons (Fsp3) is 0.500.